The maximum absolute atomic E-state index is 12.3. The van der Waals surface area contributed by atoms with Gasteiger partial charge in [0.1, 0.15) is 11.4 Å². The lowest BCUT2D eigenvalue weighted by atomic mass is 10.3. The average molecular weight is 391 g/mol. The smallest absolute Gasteiger partial charge is 0.322 e. The summed E-state index contributed by atoms with van der Waals surface area (Å²) in [7, 11) is -0.402. The second-order valence-corrected chi connectivity index (χ2v) is 7.65. The van der Waals surface area contributed by atoms with Crippen molar-refractivity contribution in [3.05, 3.63) is 36.5 Å². The minimum absolute atomic E-state index is 0.113. The van der Waals surface area contributed by atoms with Crippen LogP contribution in [0, 0.1) is 0 Å². The highest BCUT2D eigenvalue weighted by Gasteiger charge is 2.18. The Balaban J connectivity index is 1.59. The summed E-state index contributed by atoms with van der Waals surface area (Å²) in [6.07, 6.45) is 1.32. The molecule has 2 aromatic heterocycles. The van der Waals surface area contributed by atoms with Gasteiger partial charge in [-0.25, -0.2) is 8.42 Å². The zero-order valence-corrected chi connectivity index (χ0v) is 15.4. The lowest BCUT2D eigenvalue weighted by molar-refractivity contribution is -0.115. The fourth-order valence-corrected chi connectivity index (χ4v) is 3.51. The molecule has 0 radical (unpaired) electrons. The standard InChI is InChI=1S/C16H17N5O5S/c1-21-13(7-9-17-21)15-19-20-16(26-15)18-14(22)8-10-27(23,24)12-5-3-11(25-2)4-6-12/h3-7,9H,8,10H2,1-2H3,(H,18,20,22). The number of rotatable bonds is 7. The van der Waals surface area contributed by atoms with Crippen LogP contribution in [0.15, 0.2) is 45.8 Å². The van der Waals surface area contributed by atoms with E-state index in [4.69, 9.17) is 9.15 Å². The number of sulfone groups is 1. The maximum Gasteiger partial charge on any atom is 0.322 e. The minimum atomic E-state index is -3.60. The summed E-state index contributed by atoms with van der Waals surface area (Å²) >= 11 is 0. The van der Waals surface area contributed by atoms with Crippen LogP contribution in [0.4, 0.5) is 6.01 Å². The molecule has 11 heteroatoms. The summed E-state index contributed by atoms with van der Waals surface area (Å²) in [5.74, 6) is -0.163. The molecule has 142 valence electrons. The molecular weight excluding hydrogens is 374 g/mol. The van der Waals surface area contributed by atoms with Crippen molar-refractivity contribution in [1.82, 2.24) is 20.0 Å². The molecule has 0 saturated carbocycles. The van der Waals surface area contributed by atoms with Crippen LogP contribution >= 0.6 is 0 Å². The van der Waals surface area contributed by atoms with Gasteiger partial charge in [-0.3, -0.25) is 14.8 Å². The highest BCUT2D eigenvalue weighted by atomic mass is 32.2. The monoisotopic (exact) mass is 391 g/mol. The van der Waals surface area contributed by atoms with Crippen molar-refractivity contribution in [3.63, 3.8) is 0 Å². The molecule has 27 heavy (non-hydrogen) atoms. The molecule has 0 aliphatic rings. The van der Waals surface area contributed by atoms with Crippen LogP contribution in [0.2, 0.25) is 0 Å². The number of nitrogens with one attached hydrogen (secondary N) is 1. The zero-order valence-electron chi connectivity index (χ0n) is 14.6. The summed E-state index contributed by atoms with van der Waals surface area (Å²) in [6, 6.07) is 7.53. The molecule has 0 atom stereocenters. The average Bonchev–Trinajstić information content (AvgIpc) is 3.28. The Labute approximate surface area is 155 Å². The summed E-state index contributed by atoms with van der Waals surface area (Å²) in [5.41, 5.74) is 0.588. The van der Waals surface area contributed by atoms with Crippen LogP contribution in [-0.4, -0.2) is 47.2 Å². The van der Waals surface area contributed by atoms with E-state index in [1.807, 2.05) is 0 Å². The van der Waals surface area contributed by atoms with Crippen LogP contribution in [0.3, 0.4) is 0 Å². The molecule has 1 amide bonds. The SMILES string of the molecule is COc1ccc(S(=O)(=O)CCC(=O)Nc2nnc(-c3ccnn3C)o2)cc1. The van der Waals surface area contributed by atoms with Gasteiger partial charge in [0, 0.05) is 19.7 Å². The molecule has 1 N–H and O–H groups in total. The molecule has 3 aromatic rings. The van der Waals surface area contributed by atoms with Gasteiger partial charge in [-0.05, 0) is 30.3 Å². The third kappa shape index (κ3) is 4.31. The Morgan fingerprint density at radius 3 is 2.59 bits per heavy atom. The van der Waals surface area contributed by atoms with Gasteiger partial charge in [0.25, 0.3) is 5.89 Å². The van der Waals surface area contributed by atoms with Gasteiger partial charge in [0.15, 0.2) is 9.84 Å². The molecule has 2 heterocycles. The molecule has 0 saturated heterocycles. The van der Waals surface area contributed by atoms with Gasteiger partial charge in [-0.1, -0.05) is 5.10 Å². The van der Waals surface area contributed by atoms with E-state index >= 15 is 0 Å². The third-order valence-corrected chi connectivity index (χ3v) is 5.46. The van der Waals surface area contributed by atoms with E-state index in [0.717, 1.165) is 0 Å². The highest BCUT2D eigenvalue weighted by Crippen LogP contribution is 2.19. The van der Waals surface area contributed by atoms with Gasteiger partial charge in [-0.15, -0.1) is 5.10 Å². The van der Waals surface area contributed by atoms with Crippen LogP contribution < -0.4 is 10.1 Å². The first-order valence-corrected chi connectivity index (χ1v) is 9.53. The van der Waals surface area contributed by atoms with E-state index < -0.39 is 15.7 Å². The number of anilines is 1. The fourth-order valence-electron chi connectivity index (χ4n) is 2.27. The first-order chi connectivity index (χ1) is 12.9. The van der Waals surface area contributed by atoms with Crippen LogP contribution in [-0.2, 0) is 21.7 Å². The normalized spacial score (nSPS) is 11.3. The lowest BCUT2D eigenvalue weighted by Gasteiger charge is -2.05. The Morgan fingerprint density at radius 2 is 1.96 bits per heavy atom. The van der Waals surface area contributed by atoms with E-state index in [1.165, 1.54) is 19.2 Å². The Kier molecular flexibility index (Phi) is 5.21. The predicted octanol–water partition coefficient (Wildman–Crippen LogP) is 1.28. The Bertz CT molecular complexity index is 1040. The Hall–Kier alpha value is -3.21. The van der Waals surface area contributed by atoms with E-state index in [9.17, 15) is 13.2 Å². The van der Waals surface area contributed by atoms with E-state index in [0.29, 0.717) is 11.4 Å². The number of benzene rings is 1. The number of carbonyl (C=O) groups excluding carboxylic acids is 1. The second-order valence-electron chi connectivity index (χ2n) is 5.54. The van der Waals surface area contributed by atoms with Crippen molar-refractivity contribution in [2.45, 2.75) is 11.3 Å². The second kappa shape index (κ2) is 7.58. The number of hydrogen-bond acceptors (Lipinski definition) is 8. The van der Waals surface area contributed by atoms with Gasteiger partial charge in [0.05, 0.1) is 17.8 Å². The molecule has 0 spiro atoms. The van der Waals surface area contributed by atoms with Crippen LogP contribution in [0.1, 0.15) is 6.42 Å². The van der Waals surface area contributed by atoms with Gasteiger partial charge in [0.2, 0.25) is 5.91 Å². The summed E-state index contributed by atoms with van der Waals surface area (Å²) in [4.78, 5) is 12.1. The molecule has 0 bridgehead atoms. The van der Waals surface area contributed by atoms with E-state index in [2.05, 4.69) is 20.6 Å². The number of methoxy groups -OCH3 is 1. The van der Waals surface area contributed by atoms with Crippen molar-refractivity contribution in [1.29, 1.82) is 0 Å². The summed E-state index contributed by atoms with van der Waals surface area (Å²) in [6.45, 7) is 0. The van der Waals surface area contributed by atoms with Crippen molar-refractivity contribution < 1.29 is 22.4 Å². The van der Waals surface area contributed by atoms with Gasteiger partial charge in [-0.2, -0.15) is 5.10 Å². The molecule has 10 nitrogen and oxygen atoms in total. The number of aromatic nitrogens is 4. The first kappa shape index (κ1) is 18.6. The molecule has 0 unspecified atom stereocenters. The van der Waals surface area contributed by atoms with Crippen molar-refractivity contribution in [2.24, 2.45) is 7.05 Å². The quantitative estimate of drug-likeness (QED) is 0.638. The summed E-state index contributed by atoms with van der Waals surface area (Å²) < 4.78 is 36.5. The van der Waals surface area contributed by atoms with Crippen LogP contribution in [0.5, 0.6) is 5.75 Å². The molecule has 0 aliphatic heterocycles. The first-order valence-electron chi connectivity index (χ1n) is 7.87. The Morgan fingerprint density at radius 1 is 1.22 bits per heavy atom. The van der Waals surface area contributed by atoms with E-state index in [1.54, 1.807) is 36.1 Å². The molecular formula is C16H17N5O5S. The van der Waals surface area contributed by atoms with Crippen molar-refractivity contribution in [3.8, 4) is 17.3 Å². The number of aryl methyl sites for hydroxylation is 1. The molecule has 0 fully saturated rings. The third-order valence-electron chi connectivity index (χ3n) is 3.73. The van der Waals surface area contributed by atoms with Crippen LogP contribution in [0.25, 0.3) is 11.6 Å². The highest BCUT2D eigenvalue weighted by molar-refractivity contribution is 7.91. The maximum atomic E-state index is 12.3. The molecule has 3 rings (SSSR count). The molecule has 0 aliphatic carbocycles. The molecule has 1 aromatic carbocycles. The number of nitrogens with zero attached hydrogens (tertiary/aromatic N) is 4. The predicted molar refractivity (Wildman–Crippen MR) is 94.8 cm³/mol. The van der Waals surface area contributed by atoms with Crippen molar-refractivity contribution >= 4 is 21.8 Å². The van der Waals surface area contributed by atoms with E-state index in [-0.39, 0.29) is 29.0 Å². The number of hydrogen-bond donors (Lipinski definition) is 1. The van der Waals surface area contributed by atoms with Gasteiger partial charge < -0.3 is 9.15 Å². The lowest BCUT2D eigenvalue weighted by Crippen LogP contribution is -2.17. The number of carbonyl (C=O) groups is 1. The van der Waals surface area contributed by atoms with Crippen molar-refractivity contribution in [2.75, 3.05) is 18.2 Å². The fraction of sp³-hybridized carbons (Fsp3) is 0.250. The number of ether oxygens (including phenoxy) is 1. The zero-order chi connectivity index (χ0) is 19.4. The largest absolute Gasteiger partial charge is 0.497 e. The number of amides is 1. The minimum Gasteiger partial charge on any atom is -0.497 e. The topological polar surface area (TPSA) is 129 Å². The summed E-state index contributed by atoms with van der Waals surface area (Å²) in [5, 5.41) is 13.9. The van der Waals surface area contributed by atoms with Gasteiger partial charge >= 0.3 is 6.01 Å².